The predicted molar refractivity (Wildman–Crippen MR) is 76.3 cm³/mol. The van der Waals surface area contributed by atoms with Crippen LogP contribution in [0.1, 0.15) is 44.4 Å². The number of nitrogens with one attached hydrogen (secondary N) is 2. The van der Waals surface area contributed by atoms with Crippen molar-refractivity contribution in [2.45, 2.75) is 39.2 Å². The van der Waals surface area contributed by atoms with E-state index < -0.39 is 0 Å². The van der Waals surface area contributed by atoms with Crippen LogP contribution in [0.4, 0.5) is 5.82 Å². The van der Waals surface area contributed by atoms with E-state index in [1.165, 1.54) is 0 Å². The molecule has 0 saturated carbocycles. The van der Waals surface area contributed by atoms with Gasteiger partial charge in [-0.15, -0.1) is 0 Å². The Balaban J connectivity index is 2.17. The van der Waals surface area contributed by atoms with Crippen LogP contribution in [-0.2, 0) is 6.42 Å². The number of rotatable bonds is 6. The van der Waals surface area contributed by atoms with Gasteiger partial charge in [-0.2, -0.15) is 0 Å². The Labute approximate surface area is 117 Å². The molecule has 2 aromatic heterocycles. The molecule has 0 radical (unpaired) electrons. The SMILES string of the molecule is CCCc1nc(Cl)cc(NC(CC)c2ncc[nH]2)n1. The maximum absolute atomic E-state index is 6.02. The van der Waals surface area contributed by atoms with Gasteiger partial charge in [-0.3, -0.25) is 0 Å². The zero-order valence-electron chi connectivity index (χ0n) is 11.2. The summed E-state index contributed by atoms with van der Waals surface area (Å²) in [5.74, 6) is 2.41. The van der Waals surface area contributed by atoms with Crippen LogP contribution in [0.2, 0.25) is 5.15 Å². The Morgan fingerprint density at radius 1 is 1.37 bits per heavy atom. The van der Waals surface area contributed by atoms with E-state index in [0.29, 0.717) is 5.15 Å². The number of anilines is 1. The quantitative estimate of drug-likeness (QED) is 0.796. The average molecular weight is 280 g/mol. The Morgan fingerprint density at radius 2 is 2.21 bits per heavy atom. The molecule has 19 heavy (non-hydrogen) atoms. The van der Waals surface area contributed by atoms with Gasteiger partial charge in [0.25, 0.3) is 0 Å². The first-order valence-electron chi connectivity index (χ1n) is 6.52. The van der Waals surface area contributed by atoms with E-state index >= 15 is 0 Å². The van der Waals surface area contributed by atoms with Gasteiger partial charge in [0.05, 0.1) is 6.04 Å². The van der Waals surface area contributed by atoms with E-state index in [-0.39, 0.29) is 6.04 Å². The zero-order valence-corrected chi connectivity index (χ0v) is 11.9. The lowest BCUT2D eigenvalue weighted by Gasteiger charge is -2.15. The number of aromatic nitrogens is 4. The highest BCUT2D eigenvalue weighted by atomic mass is 35.5. The summed E-state index contributed by atoms with van der Waals surface area (Å²) in [5.41, 5.74) is 0. The Morgan fingerprint density at radius 3 is 2.84 bits per heavy atom. The van der Waals surface area contributed by atoms with Crippen molar-refractivity contribution in [3.05, 3.63) is 35.3 Å². The van der Waals surface area contributed by atoms with Crippen molar-refractivity contribution in [2.75, 3.05) is 5.32 Å². The minimum atomic E-state index is 0.0930. The molecule has 2 N–H and O–H groups in total. The van der Waals surface area contributed by atoms with Crippen LogP contribution in [0.3, 0.4) is 0 Å². The molecule has 2 rings (SSSR count). The smallest absolute Gasteiger partial charge is 0.134 e. The summed E-state index contributed by atoms with van der Waals surface area (Å²) in [4.78, 5) is 16.1. The molecular weight excluding hydrogens is 262 g/mol. The minimum absolute atomic E-state index is 0.0930. The third-order valence-electron chi connectivity index (χ3n) is 2.79. The van der Waals surface area contributed by atoms with E-state index in [9.17, 15) is 0 Å². The van der Waals surface area contributed by atoms with E-state index in [1.54, 1.807) is 12.3 Å². The summed E-state index contributed by atoms with van der Waals surface area (Å²) in [6.07, 6.45) is 6.28. The first kappa shape index (κ1) is 13.8. The number of imidazole rings is 1. The van der Waals surface area contributed by atoms with E-state index in [2.05, 4.69) is 39.1 Å². The molecule has 0 fully saturated rings. The first-order valence-corrected chi connectivity index (χ1v) is 6.90. The van der Waals surface area contributed by atoms with Gasteiger partial charge in [0.2, 0.25) is 0 Å². The van der Waals surface area contributed by atoms with Crippen molar-refractivity contribution in [3.8, 4) is 0 Å². The lowest BCUT2D eigenvalue weighted by molar-refractivity contribution is 0.697. The topological polar surface area (TPSA) is 66.5 Å². The van der Waals surface area contributed by atoms with Crippen molar-refractivity contribution >= 4 is 17.4 Å². The zero-order chi connectivity index (χ0) is 13.7. The molecular formula is C13H18ClN5. The van der Waals surface area contributed by atoms with Crippen LogP contribution in [-0.4, -0.2) is 19.9 Å². The van der Waals surface area contributed by atoms with Crippen LogP contribution < -0.4 is 5.32 Å². The van der Waals surface area contributed by atoms with Crippen LogP contribution in [0, 0.1) is 0 Å². The Hall–Kier alpha value is -1.62. The summed E-state index contributed by atoms with van der Waals surface area (Å²) < 4.78 is 0. The number of nitrogens with zero attached hydrogens (tertiary/aromatic N) is 3. The van der Waals surface area contributed by atoms with E-state index in [1.807, 2.05) is 6.20 Å². The van der Waals surface area contributed by atoms with Crippen molar-refractivity contribution in [1.29, 1.82) is 0 Å². The number of H-pyrrole nitrogens is 1. The molecule has 6 heteroatoms. The van der Waals surface area contributed by atoms with Gasteiger partial charge in [-0.25, -0.2) is 15.0 Å². The molecule has 2 aromatic rings. The maximum Gasteiger partial charge on any atom is 0.134 e. The number of halogens is 1. The van der Waals surface area contributed by atoms with Crippen molar-refractivity contribution in [3.63, 3.8) is 0 Å². The highest BCUT2D eigenvalue weighted by Gasteiger charge is 2.13. The third kappa shape index (κ3) is 3.67. The molecule has 0 saturated heterocycles. The Kier molecular flexibility index (Phi) is 4.74. The molecule has 2 heterocycles. The second-order valence-electron chi connectivity index (χ2n) is 4.32. The van der Waals surface area contributed by atoms with Crippen molar-refractivity contribution < 1.29 is 0 Å². The molecule has 5 nitrogen and oxygen atoms in total. The molecule has 1 atom stereocenters. The van der Waals surface area contributed by atoms with E-state index in [0.717, 1.165) is 36.7 Å². The first-order chi connectivity index (χ1) is 9.22. The lowest BCUT2D eigenvalue weighted by atomic mass is 10.2. The number of aryl methyl sites for hydroxylation is 1. The third-order valence-corrected chi connectivity index (χ3v) is 2.99. The number of aromatic amines is 1. The molecule has 0 aliphatic carbocycles. The highest BCUT2D eigenvalue weighted by Crippen LogP contribution is 2.20. The second kappa shape index (κ2) is 6.52. The van der Waals surface area contributed by atoms with Crippen LogP contribution in [0.25, 0.3) is 0 Å². The minimum Gasteiger partial charge on any atom is -0.360 e. The van der Waals surface area contributed by atoms with Crippen molar-refractivity contribution in [1.82, 2.24) is 19.9 Å². The molecule has 0 amide bonds. The second-order valence-corrected chi connectivity index (χ2v) is 4.71. The monoisotopic (exact) mass is 279 g/mol. The van der Waals surface area contributed by atoms with Gasteiger partial charge < -0.3 is 10.3 Å². The number of hydrogen-bond acceptors (Lipinski definition) is 4. The maximum atomic E-state index is 6.02. The standard InChI is InChI=1S/C13H18ClN5/c1-3-5-11-18-10(14)8-12(19-11)17-9(4-2)13-15-6-7-16-13/h6-9H,3-5H2,1-2H3,(H,15,16)(H,17,18,19). The summed E-state index contributed by atoms with van der Waals surface area (Å²) in [7, 11) is 0. The summed E-state index contributed by atoms with van der Waals surface area (Å²) in [6.45, 7) is 4.19. The van der Waals surface area contributed by atoms with Gasteiger partial charge in [0.1, 0.15) is 22.6 Å². The number of hydrogen-bond donors (Lipinski definition) is 2. The molecule has 0 aliphatic rings. The molecule has 0 aromatic carbocycles. The van der Waals surface area contributed by atoms with Gasteiger partial charge in [-0.1, -0.05) is 25.4 Å². The summed E-state index contributed by atoms with van der Waals surface area (Å²) >= 11 is 6.02. The molecule has 0 bridgehead atoms. The highest BCUT2D eigenvalue weighted by molar-refractivity contribution is 6.29. The normalized spacial score (nSPS) is 12.4. The Bertz CT molecular complexity index is 512. The largest absolute Gasteiger partial charge is 0.360 e. The fourth-order valence-corrected chi connectivity index (χ4v) is 2.09. The van der Waals surface area contributed by atoms with Crippen LogP contribution in [0.5, 0.6) is 0 Å². The van der Waals surface area contributed by atoms with E-state index in [4.69, 9.17) is 11.6 Å². The van der Waals surface area contributed by atoms with Gasteiger partial charge in [0.15, 0.2) is 0 Å². The van der Waals surface area contributed by atoms with Crippen LogP contribution in [0.15, 0.2) is 18.5 Å². The fraction of sp³-hybridized carbons (Fsp3) is 0.462. The fourth-order valence-electron chi connectivity index (χ4n) is 1.88. The summed E-state index contributed by atoms with van der Waals surface area (Å²) in [5, 5.41) is 3.81. The van der Waals surface area contributed by atoms with Gasteiger partial charge in [0, 0.05) is 24.9 Å². The van der Waals surface area contributed by atoms with Gasteiger partial charge in [-0.05, 0) is 12.8 Å². The van der Waals surface area contributed by atoms with Crippen LogP contribution >= 0.6 is 11.6 Å². The molecule has 1 unspecified atom stereocenters. The van der Waals surface area contributed by atoms with Gasteiger partial charge >= 0.3 is 0 Å². The molecule has 102 valence electrons. The average Bonchev–Trinajstić information content (AvgIpc) is 2.89. The molecule has 0 aliphatic heterocycles. The van der Waals surface area contributed by atoms with Crippen molar-refractivity contribution in [2.24, 2.45) is 0 Å². The summed E-state index contributed by atoms with van der Waals surface area (Å²) in [6, 6.07) is 1.84. The molecule has 0 spiro atoms. The lowest BCUT2D eigenvalue weighted by Crippen LogP contribution is -2.13. The predicted octanol–water partition coefficient (Wildman–Crippen LogP) is 3.37.